The number of nitrogens with zero attached hydrogens (tertiary/aromatic N) is 1. The Balaban J connectivity index is 2.25. The number of carbonyl (C=O) groups is 2. The molecule has 1 fully saturated rings. The number of H-pyrrole nitrogens is 2. The lowest BCUT2D eigenvalue weighted by atomic mass is 9.90. The summed E-state index contributed by atoms with van der Waals surface area (Å²) in [7, 11) is 0. The smallest absolute Gasteiger partial charge is 0.325 e. The van der Waals surface area contributed by atoms with Gasteiger partial charge in [0.25, 0.3) is 11.5 Å². The first-order valence-corrected chi connectivity index (χ1v) is 5.68. The van der Waals surface area contributed by atoms with Crippen LogP contribution in [0.2, 0.25) is 0 Å². The summed E-state index contributed by atoms with van der Waals surface area (Å²) in [4.78, 5) is 51.0. The van der Waals surface area contributed by atoms with Crippen LogP contribution in [-0.4, -0.2) is 44.9 Å². The lowest BCUT2D eigenvalue weighted by Gasteiger charge is -2.19. The van der Waals surface area contributed by atoms with Gasteiger partial charge < -0.3 is 15.0 Å². The summed E-state index contributed by atoms with van der Waals surface area (Å²) in [5, 5.41) is 9.08. The maximum Gasteiger partial charge on any atom is 0.325 e. The maximum atomic E-state index is 12.1. The predicted molar refractivity (Wildman–Crippen MR) is 63.9 cm³/mol. The largest absolute Gasteiger partial charge is 0.481 e. The van der Waals surface area contributed by atoms with Gasteiger partial charge in [0.2, 0.25) is 0 Å². The monoisotopic (exact) mass is 267 g/mol. The highest BCUT2D eigenvalue weighted by Crippen LogP contribution is 2.30. The molecule has 1 aliphatic heterocycles. The van der Waals surface area contributed by atoms with Gasteiger partial charge in [-0.25, -0.2) is 4.79 Å². The maximum absolute atomic E-state index is 12.1. The molecule has 1 atom stereocenters. The van der Waals surface area contributed by atoms with Crippen LogP contribution in [0.4, 0.5) is 0 Å². The Morgan fingerprint density at radius 2 is 2.11 bits per heavy atom. The Kier molecular flexibility index (Phi) is 3.01. The molecule has 1 aromatic heterocycles. The van der Waals surface area contributed by atoms with Crippen LogP contribution in [-0.2, 0) is 4.79 Å². The predicted octanol–water partition coefficient (Wildman–Crippen LogP) is -1.000. The average Bonchev–Trinajstić information content (AvgIpc) is 2.73. The van der Waals surface area contributed by atoms with Crippen LogP contribution in [0.5, 0.6) is 0 Å². The average molecular weight is 267 g/mol. The quantitative estimate of drug-likeness (QED) is 0.634. The van der Waals surface area contributed by atoms with Gasteiger partial charge in [0.05, 0.1) is 5.41 Å². The van der Waals surface area contributed by atoms with E-state index >= 15 is 0 Å². The lowest BCUT2D eigenvalue weighted by Crippen LogP contribution is -2.38. The first-order chi connectivity index (χ1) is 8.83. The third kappa shape index (κ3) is 2.28. The van der Waals surface area contributed by atoms with Gasteiger partial charge >= 0.3 is 11.7 Å². The molecule has 0 aromatic carbocycles. The highest BCUT2D eigenvalue weighted by atomic mass is 16.4. The van der Waals surface area contributed by atoms with Gasteiger partial charge in [-0.2, -0.15) is 0 Å². The fourth-order valence-electron chi connectivity index (χ4n) is 2.05. The molecular weight excluding hydrogens is 254 g/mol. The van der Waals surface area contributed by atoms with Gasteiger partial charge in [-0.05, 0) is 13.3 Å². The number of carbonyl (C=O) groups excluding carboxylic acids is 1. The Bertz CT molecular complexity index is 646. The number of aromatic nitrogens is 2. The molecule has 0 bridgehead atoms. The summed E-state index contributed by atoms with van der Waals surface area (Å²) in [6, 6.07) is 0. The van der Waals surface area contributed by atoms with Crippen molar-refractivity contribution in [1.82, 2.24) is 14.9 Å². The Hall–Kier alpha value is -2.38. The van der Waals surface area contributed by atoms with Crippen molar-refractivity contribution in [2.75, 3.05) is 13.1 Å². The number of carboxylic acid groups (broad SMARTS) is 1. The molecule has 1 aromatic rings. The molecule has 1 saturated heterocycles. The highest BCUT2D eigenvalue weighted by Gasteiger charge is 2.42. The molecule has 0 aliphatic carbocycles. The molecule has 2 heterocycles. The molecular formula is C11H13N3O5. The van der Waals surface area contributed by atoms with Crippen LogP contribution in [0.25, 0.3) is 0 Å². The minimum absolute atomic E-state index is 0.0414. The number of nitrogens with one attached hydrogen (secondary N) is 2. The molecule has 102 valence electrons. The van der Waals surface area contributed by atoms with Crippen LogP contribution in [0, 0.1) is 5.41 Å². The molecule has 0 saturated carbocycles. The second kappa shape index (κ2) is 4.38. The summed E-state index contributed by atoms with van der Waals surface area (Å²) in [5.74, 6) is -1.55. The molecule has 8 nitrogen and oxygen atoms in total. The van der Waals surface area contributed by atoms with E-state index in [9.17, 15) is 19.2 Å². The van der Waals surface area contributed by atoms with E-state index in [0.717, 1.165) is 6.20 Å². The van der Waals surface area contributed by atoms with Gasteiger partial charge in [-0.3, -0.25) is 19.4 Å². The van der Waals surface area contributed by atoms with Gasteiger partial charge in [0, 0.05) is 19.3 Å². The molecule has 8 heteroatoms. The van der Waals surface area contributed by atoms with Crippen LogP contribution >= 0.6 is 0 Å². The van der Waals surface area contributed by atoms with Crippen molar-refractivity contribution in [2.45, 2.75) is 13.3 Å². The number of amides is 1. The van der Waals surface area contributed by atoms with Gasteiger partial charge in [-0.1, -0.05) is 0 Å². The number of rotatable bonds is 2. The molecule has 1 unspecified atom stereocenters. The lowest BCUT2D eigenvalue weighted by molar-refractivity contribution is -0.147. The van der Waals surface area contributed by atoms with E-state index in [1.54, 1.807) is 6.92 Å². The summed E-state index contributed by atoms with van der Waals surface area (Å²) in [5.41, 5.74) is -2.67. The first kappa shape index (κ1) is 13.1. The zero-order valence-corrected chi connectivity index (χ0v) is 10.2. The summed E-state index contributed by atoms with van der Waals surface area (Å²) < 4.78 is 0. The van der Waals surface area contributed by atoms with Crippen molar-refractivity contribution in [3.8, 4) is 0 Å². The van der Waals surface area contributed by atoms with Crippen molar-refractivity contribution in [1.29, 1.82) is 0 Å². The number of hydrogen-bond donors (Lipinski definition) is 3. The van der Waals surface area contributed by atoms with Crippen molar-refractivity contribution < 1.29 is 14.7 Å². The van der Waals surface area contributed by atoms with Crippen molar-refractivity contribution >= 4 is 11.9 Å². The van der Waals surface area contributed by atoms with E-state index in [1.165, 1.54) is 4.90 Å². The number of likely N-dealkylation sites (tertiary alicyclic amines) is 1. The van der Waals surface area contributed by atoms with E-state index < -0.39 is 28.5 Å². The van der Waals surface area contributed by atoms with Crippen molar-refractivity contribution in [3.63, 3.8) is 0 Å². The topological polar surface area (TPSA) is 123 Å². The van der Waals surface area contributed by atoms with Crippen LogP contribution in [0.3, 0.4) is 0 Å². The molecule has 0 spiro atoms. The van der Waals surface area contributed by atoms with E-state index in [-0.39, 0.29) is 18.7 Å². The number of hydrogen-bond acceptors (Lipinski definition) is 4. The van der Waals surface area contributed by atoms with Gasteiger partial charge in [-0.15, -0.1) is 0 Å². The Labute approximate surface area is 107 Å². The molecule has 2 rings (SSSR count). The molecule has 1 amide bonds. The minimum Gasteiger partial charge on any atom is -0.481 e. The molecule has 3 N–H and O–H groups in total. The number of aliphatic carboxylic acids is 1. The van der Waals surface area contributed by atoms with Crippen LogP contribution < -0.4 is 11.2 Å². The van der Waals surface area contributed by atoms with Gasteiger partial charge in [0.1, 0.15) is 5.56 Å². The minimum atomic E-state index is -0.995. The number of aromatic amines is 2. The highest BCUT2D eigenvalue weighted by molar-refractivity contribution is 5.94. The first-order valence-electron chi connectivity index (χ1n) is 5.68. The third-order valence-corrected chi connectivity index (χ3v) is 3.33. The molecule has 0 radical (unpaired) electrons. The molecule has 19 heavy (non-hydrogen) atoms. The van der Waals surface area contributed by atoms with Crippen LogP contribution in [0.1, 0.15) is 23.7 Å². The molecule has 1 aliphatic rings. The van der Waals surface area contributed by atoms with Crippen molar-refractivity contribution in [3.05, 3.63) is 32.6 Å². The fourth-order valence-corrected chi connectivity index (χ4v) is 2.05. The standard InChI is InChI=1S/C11H13N3O5/c1-11(9(17)18)2-3-14(5-11)8(16)6-4-12-10(19)13-7(6)15/h4H,2-3,5H2,1H3,(H,17,18)(H2,12,13,15,19). The van der Waals surface area contributed by atoms with Crippen LogP contribution in [0.15, 0.2) is 15.8 Å². The van der Waals surface area contributed by atoms with E-state index in [0.29, 0.717) is 6.42 Å². The normalized spacial score (nSPS) is 22.5. The second-order valence-corrected chi connectivity index (χ2v) is 4.83. The van der Waals surface area contributed by atoms with Gasteiger partial charge in [0.15, 0.2) is 0 Å². The Morgan fingerprint density at radius 1 is 1.42 bits per heavy atom. The summed E-state index contributed by atoms with van der Waals surface area (Å²) >= 11 is 0. The van der Waals surface area contributed by atoms with E-state index in [2.05, 4.69) is 4.98 Å². The van der Waals surface area contributed by atoms with E-state index in [1.807, 2.05) is 4.98 Å². The second-order valence-electron chi connectivity index (χ2n) is 4.83. The van der Waals surface area contributed by atoms with E-state index in [4.69, 9.17) is 5.11 Å². The number of carboxylic acids is 1. The fraction of sp³-hybridized carbons (Fsp3) is 0.455. The zero-order chi connectivity index (χ0) is 14.2. The Morgan fingerprint density at radius 3 is 2.63 bits per heavy atom. The third-order valence-electron chi connectivity index (χ3n) is 3.33. The zero-order valence-electron chi connectivity index (χ0n) is 10.2. The summed E-state index contributed by atoms with van der Waals surface area (Å²) in [6.07, 6.45) is 1.37. The van der Waals surface area contributed by atoms with Crippen molar-refractivity contribution in [2.24, 2.45) is 5.41 Å². The SMILES string of the molecule is CC1(C(=O)O)CCN(C(=O)c2c[nH]c(=O)[nH]c2=O)C1. The summed E-state index contributed by atoms with van der Waals surface area (Å²) in [6.45, 7) is 1.86.